The Morgan fingerprint density at radius 1 is 1.12 bits per heavy atom. The van der Waals surface area contributed by atoms with E-state index in [4.69, 9.17) is 23.2 Å². The van der Waals surface area contributed by atoms with Gasteiger partial charge in [-0.25, -0.2) is 18.2 Å². The monoisotopic (exact) mass is 494 g/mol. The van der Waals surface area contributed by atoms with Gasteiger partial charge in [0.05, 0.1) is 39.2 Å². The average molecular weight is 495 g/mol. The maximum atomic E-state index is 12.8. The average Bonchev–Trinajstić information content (AvgIpc) is 3.10. The molecule has 32 heavy (non-hydrogen) atoms. The highest BCUT2D eigenvalue weighted by Crippen LogP contribution is 2.29. The van der Waals surface area contributed by atoms with Crippen molar-refractivity contribution in [2.45, 2.75) is 13.5 Å². The van der Waals surface area contributed by atoms with Gasteiger partial charge in [-0.1, -0.05) is 23.2 Å². The number of halogens is 2. The van der Waals surface area contributed by atoms with E-state index in [0.29, 0.717) is 38.9 Å². The van der Waals surface area contributed by atoms with Crippen LogP contribution in [0.4, 0.5) is 5.69 Å². The topological polar surface area (TPSA) is 83.4 Å². The highest BCUT2D eigenvalue weighted by molar-refractivity contribution is 7.81. The third-order valence-electron chi connectivity index (χ3n) is 5.54. The minimum absolute atomic E-state index is 0.292. The number of piperazine rings is 1. The molecule has 3 aromatic rings. The van der Waals surface area contributed by atoms with E-state index in [0.717, 1.165) is 38.4 Å². The van der Waals surface area contributed by atoms with Crippen LogP contribution in [0, 0.1) is 6.92 Å². The first-order chi connectivity index (χ1) is 15.3. The van der Waals surface area contributed by atoms with Gasteiger partial charge in [0.15, 0.2) is 5.65 Å². The van der Waals surface area contributed by atoms with Gasteiger partial charge in [0.2, 0.25) is 0 Å². The van der Waals surface area contributed by atoms with E-state index in [9.17, 15) is 9.00 Å². The molecule has 1 atom stereocenters. The van der Waals surface area contributed by atoms with Crippen LogP contribution < -0.4 is 5.32 Å². The number of hydrogen-bond acceptors (Lipinski definition) is 5. The van der Waals surface area contributed by atoms with Crippen LogP contribution in [0.3, 0.4) is 0 Å². The summed E-state index contributed by atoms with van der Waals surface area (Å²) in [6.07, 6.45) is 3.20. The number of fused-ring (bicyclic) bond motifs is 1. The first-order valence-electron chi connectivity index (χ1n) is 10.2. The van der Waals surface area contributed by atoms with Crippen molar-refractivity contribution in [3.8, 4) is 0 Å². The summed E-state index contributed by atoms with van der Waals surface area (Å²) >= 11 is 12.5. The Kier molecular flexibility index (Phi) is 7.11. The summed E-state index contributed by atoms with van der Waals surface area (Å²) in [5.41, 5.74) is 2.30. The second kappa shape index (κ2) is 9.84. The number of carbonyl (C=O) groups is 1. The van der Waals surface area contributed by atoms with Gasteiger partial charge in [-0.3, -0.25) is 9.69 Å². The first kappa shape index (κ1) is 23.1. The molecule has 1 unspecified atom stereocenters. The number of nitrogens with one attached hydrogen (secondary N) is 1. The van der Waals surface area contributed by atoms with Crippen molar-refractivity contribution in [3.05, 3.63) is 51.8 Å². The predicted octanol–water partition coefficient (Wildman–Crippen LogP) is 3.21. The quantitative estimate of drug-likeness (QED) is 0.568. The molecule has 1 N–H and O–H groups in total. The van der Waals surface area contributed by atoms with Gasteiger partial charge in [0.1, 0.15) is 0 Å². The zero-order valence-corrected chi connectivity index (χ0v) is 20.2. The molecule has 1 aliphatic heterocycles. The zero-order chi connectivity index (χ0) is 22.8. The molecule has 8 nitrogen and oxygen atoms in total. The SMILES string of the molecule is Cc1nn(CCN2CCN(S(C)=O)CC2)c2ncc(C(=O)Nc3ccc(Cl)cc3)c(Cl)c12. The minimum Gasteiger partial charge on any atom is -0.322 e. The lowest BCUT2D eigenvalue weighted by Crippen LogP contribution is -2.47. The second-order valence-electron chi connectivity index (χ2n) is 7.65. The highest BCUT2D eigenvalue weighted by Gasteiger charge is 2.22. The third-order valence-corrected chi connectivity index (χ3v) is 7.28. The molecule has 1 fully saturated rings. The fourth-order valence-electron chi connectivity index (χ4n) is 3.77. The molecular weight excluding hydrogens is 471 g/mol. The van der Waals surface area contributed by atoms with Crippen LogP contribution in [0.15, 0.2) is 30.5 Å². The lowest BCUT2D eigenvalue weighted by molar-refractivity contribution is 0.102. The number of pyridine rings is 1. The summed E-state index contributed by atoms with van der Waals surface area (Å²) < 4.78 is 15.4. The van der Waals surface area contributed by atoms with E-state index in [2.05, 4.69) is 20.3 Å². The van der Waals surface area contributed by atoms with Gasteiger partial charge in [-0.2, -0.15) is 5.10 Å². The maximum absolute atomic E-state index is 12.8. The van der Waals surface area contributed by atoms with Crippen molar-refractivity contribution in [1.29, 1.82) is 0 Å². The number of carbonyl (C=O) groups excluding carboxylic acids is 1. The molecule has 1 amide bonds. The molecular formula is C21H24Cl2N6O2S. The lowest BCUT2D eigenvalue weighted by Gasteiger charge is -2.32. The Morgan fingerprint density at radius 3 is 2.47 bits per heavy atom. The first-order valence-corrected chi connectivity index (χ1v) is 12.5. The smallest absolute Gasteiger partial charge is 0.258 e. The molecule has 1 aliphatic rings. The maximum Gasteiger partial charge on any atom is 0.258 e. The van der Waals surface area contributed by atoms with Crippen LogP contribution in [-0.4, -0.2) is 73.1 Å². The Labute approximate surface area is 199 Å². The molecule has 2 aromatic heterocycles. The fourth-order valence-corrected chi connectivity index (χ4v) is 4.93. The van der Waals surface area contributed by atoms with E-state index < -0.39 is 11.0 Å². The van der Waals surface area contributed by atoms with Crippen LogP contribution in [-0.2, 0) is 17.5 Å². The van der Waals surface area contributed by atoms with E-state index in [1.165, 1.54) is 6.20 Å². The van der Waals surface area contributed by atoms with Crippen molar-refractivity contribution in [1.82, 2.24) is 24.0 Å². The van der Waals surface area contributed by atoms with Crippen LogP contribution >= 0.6 is 23.2 Å². The van der Waals surface area contributed by atoms with Crippen molar-refractivity contribution in [3.63, 3.8) is 0 Å². The second-order valence-corrected chi connectivity index (χ2v) is 9.83. The van der Waals surface area contributed by atoms with Crippen molar-refractivity contribution >= 4 is 56.8 Å². The summed E-state index contributed by atoms with van der Waals surface area (Å²) in [6.45, 7) is 6.62. The van der Waals surface area contributed by atoms with Crippen molar-refractivity contribution in [2.24, 2.45) is 0 Å². The van der Waals surface area contributed by atoms with Crippen LogP contribution in [0.5, 0.6) is 0 Å². The number of benzene rings is 1. The minimum atomic E-state index is -0.919. The molecule has 3 heterocycles. The van der Waals surface area contributed by atoms with Gasteiger partial charge in [0.25, 0.3) is 5.91 Å². The number of amides is 1. The van der Waals surface area contributed by atoms with E-state index in [1.54, 1.807) is 30.5 Å². The summed E-state index contributed by atoms with van der Waals surface area (Å²) in [6, 6.07) is 6.86. The summed E-state index contributed by atoms with van der Waals surface area (Å²) in [5, 5.41) is 9.04. The largest absolute Gasteiger partial charge is 0.322 e. The van der Waals surface area contributed by atoms with Crippen LogP contribution in [0.1, 0.15) is 16.1 Å². The van der Waals surface area contributed by atoms with Gasteiger partial charge in [-0.05, 0) is 31.2 Å². The van der Waals surface area contributed by atoms with Crippen molar-refractivity contribution in [2.75, 3.05) is 44.3 Å². The molecule has 0 saturated carbocycles. The lowest BCUT2D eigenvalue weighted by atomic mass is 10.2. The molecule has 0 bridgehead atoms. The van der Waals surface area contributed by atoms with Crippen molar-refractivity contribution < 1.29 is 9.00 Å². The van der Waals surface area contributed by atoms with Gasteiger partial charge >= 0.3 is 0 Å². The molecule has 1 aromatic carbocycles. The third kappa shape index (κ3) is 4.97. The highest BCUT2D eigenvalue weighted by atomic mass is 35.5. The number of aryl methyl sites for hydroxylation is 1. The number of hydrogen-bond donors (Lipinski definition) is 1. The number of nitrogens with zero attached hydrogens (tertiary/aromatic N) is 5. The fraction of sp³-hybridized carbons (Fsp3) is 0.381. The predicted molar refractivity (Wildman–Crippen MR) is 129 cm³/mol. The molecule has 1 saturated heterocycles. The molecule has 4 rings (SSSR count). The van der Waals surface area contributed by atoms with E-state index in [-0.39, 0.29) is 5.91 Å². The number of rotatable bonds is 6. The van der Waals surface area contributed by atoms with Gasteiger partial charge < -0.3 is 5.32 Å². The summed E-state index contributed by atoms with van der Waals surface area (Å²) in [5.74, 6) is -0.343. The Balaban J connectivity index is 1.48. The van der Waals surface area contributed by atoms with Crippen LogP contribution in [0.25, 0.3) is 11.0 Å². The Morgan fingerprint density at radius 2 is 1.81 bits per heavy atom. The summed E-state index contributed by atoms with van der Waals surface area (Å²) in [7, 11) is -0.919. The molecule has 0 aliphatic carbocycles. The summed E-state index contributed by atoms with van der Waals surface area (Å²) in [4.78, 5) is 19.6. The Hall–Kier alpha value is -2.04. The Bertz CT molecular complexity index is 1160. The van der Waals surface area contributed by atoms with Gasteiger partial charge in [0, 0.05) is 55.9 Å². The molecule has 0 spiro atoms. The standard InChI is InChI=1S/C21H24Cl2N6O2S/c1-14-18-19(23)17(21(30)25-16-5-3-15(22)4-6-16)13-24-20(18)29(26-14)12-9-27-7-10-28(11-8-27)32(2)31/h3-6,13H,7-12H2,1-2H3,(H,25,30). The number of anilines is 1. The van der Waals surface area contributed by atoms with E-state index in [1.807, 2.05) is 15.9 Å². The zero-order valence-electron chi connectivity index (χ0n) is 17.8. The molecule has 170 valence electrons. The van der Waals surface area contributed by atoms with Gasteiger partial charge in [-0.15, -0.1) is 0 Å². The number of aromatic nitrogens is 3. The van der Waals surface area contributed by atoms with Crippen LogP contribution in [0.2, 0.25) is 10.0 Å². The molecule has 11 heteroatoms. The molecule has 0 radical (unpaired) electrons. The normalized spacial score (nSPS) is 16.4. The van der Waals surface area contributed by atoms with E-state index >= 15 is 0 Å².